The number of esters is 1. The second-order valence-corrected chi connectivity index (χ2v) is 7.24. The molecule has 1 aliphatic heterocycles. The Kier molecular flexibility index (Phi) is 6.00. The third-order valence-electron chi connectivity index (χ3n) is 4.52. The van der Waals surface area contributed by atoms with Crippen LogP contribution in [0.4, 0.5) is 0 Å². The van der Waals surface area contributed by atoms with E-state index in [1.807, 2.05) is 6.07 Å². The van der Waals surface area contributed by atoms with Gasteiger partial charge < -0.3 is 9.84 Å². The van der Waals surface area contributed by atoms with Gasteiger partial charge in [-0.05, 0) is 50.6 Å². The average Bonchev–Trinajstić information content (AvgIpc) is 3.13. The number of ether oxygens (including phenoxy) is 1. The Morgan fingerprint density at radius 1 is 1.35 bits per heavy atom. The number of rotatable bonds is 6. The molecule has 1 aliphatic rings. The Bertz CT molecular complexity index is 781. The maximum atomic E-state index is 11.7. The Morgan fingerprint density at radius 2 is 2.12 bits per heavy atom. The number of aromatic carboxylic acids is 1. The standard InChI is InChI=1S/C19H22N2O4S/c1-2-25-19(24)16-12-26-17(20-16)14-6-8-21(9-7-14)11-13-4-3-5-15(10-13)18(22)23/h3-5,10,12,14H,2,6-9,11H2,1H3,(H,22,23). The third-order valence-corrected chi connectivity index (χ3v) is 5.53. The molecule has 3 rings (SSSR count). The van der Waals surface area contributed by atoms with Gasteiger partial charge in [-0.15, -0.1) is 11.3 Å². The minimum atomic E-state index is -0.897. The van der Waals surface area contributed by atoms with Crippen molar-refractivity contribution in [3.05, 3.63) is 51.5 Å². The van der Waals surface area contributed by atoms with Gasteiger partial charge in [0, 0.05) is 17.8 Å². The molecule has 1 saturated heterocycles. The van der Waals surface area contributed by atoms with Crippen molar-refractivity contribution >= 4 is 23.3 Å². The predicted octanol–water partition coefficient (Wildman–Crippen LogP) is 3.40. The van der Waals surface area contributed by atoms with Crippen LogP contribution in [0.5, 0.6) is 0 Å². The van der Waals surface area contributed by atoms with Gasteiger partial charge in [0.2, 0.25) is 0 Å². The molecule has 0 unspecified atom stereocenters. The minimum absolute atomic E-state index is 0.326. The van der Waals surface area contributed by atoms with Gasteiger partial charge in [0.1, 0.15) is 0 Å². The summed E-state index contributed by atoms with van der Waals surface area (Å²) in [7, 11) is 0. The molecule has 0 spiro atoms. The molecule has 0 atom stereocenters. The average molecular weight is 374 g/mol. The van der Waals surface area contributed by atoms with Crippen LogP contribution in [0.2, 0.25) is 0 Å². The van der Waals surface area contributed by atoms with E-state index in [2.05, 4.69) is 9.88 Å². The molecule has 0 radical (unpaired) electrons. The molecule has 0 bridgehead atoms. The fourth-order valence-corrected chi connectivity index (χ4v) is 4.13. The van der Waals surface area contributed by atoms with Gasteiger partial charge in [-0.2, -0.15) is 0 Å². The van der Waals surface area contributed by atoms with Gasteiger partial charge in [0.25, 0.3) is 0 Å². The molecule has 26 heavy (non-hydrogen) atoms. The number of hydrogen-bond donors (Lipinski definition) is 1. The molecular weight excluding hydrogens is 352 g/mol. The molecular formula is C19H22N2O4S. The Balaban J connectivity index is 1.55. The van der Waals surface area contributed by atoms with Crippen LogP contribution >= 0.6 is 11.3 Å². The number of aromatic nitrogens is 1. The lowest BCUT2D eigenvalue weighted by molar-refractivity contribution is 0.0519. The molecule has 1 aromatic carbocycles. The summed E-state index contributed by atoms with van der Waals surface area (Å²) in [6.45, 7) is 4.74. The first-order valence-corrected chi connectivity index (χ1v) is 9.62. The van der Waals surface area contributed by atoms with Crippen LogP contribution in [0.1, 0.15) is 57.1 Å². The summed E-state index contributed by atoms with van der Waals surface area (Å²) in [5.41, 5.74) is 1.74. The van der Waals surface area contributed by atoms with Crippen molar-refractivity contribution in [2.24, 2.45) is 0 Å². The van der Waals surface area contributed by atoms with E-state index in [0.717, 1.165) is 43.0 Å². The van der Waals surface area contributed by atoms with E-state index in [1.54, 1.807) is 30.5 Å². The summed E-state index contributed by atoms with van der Waals surface area (Å²) in [4.78, 5) is 29.6. The first-order chi connectivity index (χ1) is 12.6. The number of benzene rings is 1. The zero-order valence-corrected chi connectivity index (χ0v) is 15.5. The lowest BCUT2D eigenvalue weighted by atomic mass is 9.97. The number of carboxylic acids is 1. The number of carbonyl (C=O) groups is 2. The summed E-state index contributed by atoms with van der Waals surface area (Å²) < 4.78 is 4.99. The summed E-state index contributed by atoms with van der Waals surface area (Å²) in [5, 5.41) is 11.9. The SMILES string of the molecule is CCOC(=O)c1csc(C2CCN(Cc3cccc(C(=O)O)c3)CC2)n1. The number of carbonyl (C=O) groups excluding carboxylic acids is 1. The molecule has 6 nitrogen and oxygen atoms in total. The number of hydrogen-bond acceptors (Lipinski definition) is 6. The van der Waals surface area contributed by atoms with Crippen LogP contribution in [-0.4, -0.2) is 46.6 Å². The third kappa shape index (κ3) is 4.47. The van der Waals surface area contributed by atoms with Crippen LogP contribution < -0.4 is 0 Å². The summed E-state index contributed by atoms with van der Waals surface area (Å²) in [6.07, 6.45) is 1.96. The second kappa shape index (κ2) is 8.42. The fraction of sp³-hybridized carbons (Fsp3) is 0.421. The van der Waals surface area contributed by atoms with Gasteiger partial charge in [-0.25, -0.2) is 14.6 Å². The molecule has 7 heteroatoms. The van der Waals surface area contributed by atoms with Crippen molar-refractivity contribution in [1.82, 2.24) is 9.88 Å². The summed E-state index contributed by atoms with van der Waals surface area (Å²) in [6, 6.07) is 7.10. The number of likely N-dealkylation sites (tertiary alicyclic amines) is 1. The number of piperidine rings is 1. The normalized spacial score (nSPS) is 15.7. The smallest absolute Gasteiger partial charge is 0.357 e. The highest BCUT2D eigenvalue weighted by Gasteiger charge is 2.24. The van der Waals surface area contributed by atoms with Gasteiger partial charge in [0.15, 0.2) is 5.69 Å². The van der Waals surface area contributed by atoms with Crippen molar-refractivity contribution in [2.75, 3.05) is 19.7 Å². The van der Waals surface area contributed by atoms with Crippen LogP contribution in [0.3, 0.4) is 0 Å². The van der Waals surface area contributed by atoms with Crippen LogP contribution in [-0.2, 0) is 11.3 Å². The van der Waals surface area contributed by atoms with Crippen LogP contribution in [0, 0.1) is 0 Å². The maximum Gasteiger partial charge on any atom is 0.357 e. The van der Waals surface area contributed by atoms with E-state index in [9.17, 15) is 9.59 Å². The fourth-order valence-electron chi connectivity index (χ4n) is 3.17. The van der Waals surface area contributed by atoms with E-state index in [-0.39, 0.29) is 5.97 Å². The zero-order chi connectivity index (χ0) is 18.5. The van der Waals surface area contributed by atoms with Crippen molar-refractivity contribution < 1.29 is 19.4 Å². The topological polar surface area (TPSA) is 79.7 Å². The highest BCUT2D eigenvalue weighted by atomic mass is 32.1. The number of carboxylic acid groups (broad SMARTS) is 1. The molecule has 1 aromatic heterocycles. The van der Waals surface area contributed by atoms with E-state index < -0.39 is 5.97 Å². The van der Waals surface area contributed by atoms with Crippen molar-refractivity contribution in [3.63, 3.8) is 0 Å². The lowest BCUT2D eigenvalue weighted by Gasteiger charge is -2.31. The van der Waals surface area contributed by atoms with Crippen LogP contribution in [0.15, 0.2) is 29.6 Å². The zero-order valence-electron chi connectivity index (χ0n) is 14.7. The Labute approximate surface area is 156 Å². The Hall–Kier alpha value is -2.25. The highest BCUT2D eigenvalue weighted by Crippen LogP contribution is 2.31. The summed E-state index contributed by atoms with van der Waals surface area (Å²) >= 11 is 1.52. The van der Waals surface area contributed by atoms with Gasteiger partial charge in [-0.3, -0.25) is 4.90 Å². The first kappa shape index (κ1) is 18.5. The number of thiazole rings is 1. The van der Waals surface area contributed by atoms with E-state index in [1.165, 1.54) is 11.3 Å². The minimum Gasteiger partial charge on any atom is -0.478 e. The van der Waals surface area contributed by atoms with Crippen LogP contribution in [0.25, 0.3) is 0 Å². The summed E-state index contributed by atoms with van der Waals surface area (Å²) in [5.74, 6) is -0.887. The van der Waals surface area contributed by atoms with Crippen molar-refractivity contribution in [3.8, 4) is 0 Å². The molecule has 2 heterocycles. The monoisotopic (exact) mass is 374 g/mol. The molecule has 0 saturated carbocycles. The second-order valence-electron chi connectivity index (χ2n) is 6.35. The van der Waals surface area contributed by atoms with E-state index in [4.69, 9.17) is 9.84 Å². The van der Waals surface area contributed by atoms with E-state index >= 15 is 0 Å². The molecule has 138 valence electrons. The molecule has 0 amide bonds. The molecule has 1 N–H and O–H groups in total. The molecule has 0 aliphatic carbocycles. The molecule has 2 aromatic rings. The maximum absolute atomic E-state index is 11.7. The lowest BCUT2D eigenvalue weighted by Crippen LogP contribution is -2.32. The molecule has 1 fully saturated rings. The number of nitrogens with zero attached hydrogens (tertiary/aromatic N) is 2. The van der Waals surface area contributed by atoms with Gasteiger partial charge >= 0.3 is 11.9 Å². The quantitative estimate of drug-likeness (QED) is 0.781. The van der Waals surface area contributed by atoms with Crippen molar-refractivity contribution in [1.29, 1.82) is 0 Å². The Morgan fingerprint density at radius 3 is 2.81 bits per heavy atom. The van der Waals surface area contributed by atoms with Crippen molar-refractivity contribution in [2.45, 2.75) is 32.2 Å². The van der Waals surface area contributed by atoms with Gasteiger partial charge in [0.05, 0.1) is 17.2 Å². The first-order valence-electron chi connectivity index (χ1n) is 8.74. The highest BCUT2D eigenvalue weighted by molar-refractivity contribution is 7.09. The van der Waals surface area contributed by atoms with Gasteiger partial charge in [-0.1, -0.05) is 12.1 Å². The predicted molar refractivity (Wildman–Crippen MR) is 98.7 cm³/mol. The largest absolute Gasteiger partial charge is 0.478 e. The van der Waals surface area contributed by atoms with E-state index in [0.29, 0.717) is 23.8 Å².